The van der Waals surface area contributed by atoms with E-state index in [9.17, 15) is 0 Å². The molecule has 0 aliphatic heterocycles. The van der Waals surface area contributed by atoms with Crippen LogP contribution in [-0.4, -0.2) is 109 Å². The average molecular weight is 308 g/mol. The van der Waals surface area contributed by atoms with Gasteiger partial charge in [-0.25, -0.2) is 4.57 Å². The van der Waals surface area contributed by atoms with Crippen LogP contribution >= 0.6 is 7.82 Å². The van der Waals surface area contributed by atoms with Gasteiger partial charge in [-0.2, -0.15) is 0 Å². The summed E-state index contributed by atoms with van der Waals surface area (Å²) >= 11 is 0. The number of rotatable bonds is 0. The van der Waals surface area contributed by atoms with E-state index in [1.165, 1.54) is 0 Å². The Morgan fingerprint density at radius 3 is 1.00 bits per heavy atom. The summed E-state index contributed by atoms with van der Waals surface area (Å²) < 4.78 is 17.6. The molecule has 0 radical (unpaired) electrons. The first kappa shape index (κ1) is 36.0. The zero-order chi connectivity index (χ0) is 8.08. The smallest absolute Gasteiger partial charge is 1.00 e. The van der Waals surface area contributed by atoms with Gasteiger partial charge in [-0.3, -0.25) is 4.46 Å². The van der Waals surface area contributed by atoms with E-state index >= 15 is 0 Å². The van der Waals surface area contributed by atoms with Gasteiger partial charge in [-0.15, -0.1) is 0 Å². The van der Waals surface area contributed by atoms with Crippen molar-refractivity contribution >= 4 is 92.5 Å². The molecule has 0 aromatic carbocycles. The van der Waals surface area contributed by atoms with Gasteiger partial charge in [0.25, 0.3) is 0 Å². The maximum atomic E-state index is 8.88. The molecule has 0 rings (SSSR count). The summed E-state index contributed by atoms with van der Waals surface area (Å²) in [6, 6.07) is 0. The van der Waals surface area contributed by atoms with Crippen molar-refractivity contribution in [1.29, 1.82) is 0 Å². The summed E-state index contributed by atoms with van der Waals surface area (Å²) in [6.45, 7) is 0. The van der Waals surface area contributed by atoms with Crippen LogP contribution in [0, 0.1) is 0 Å². The minimum Gasteiger partial charge on any atom is -1.00 e. The average Bonchev–Trinajstić information content (AvgIpc) is 1.19. The van der Waals surface area contributed by atoms with Crippen LogP contribution in [0.1, 0.15) is 8.56 Å². The van der Waals surface area contributed by atoms with E-state index in [1.807, 2.05) is 0 Å². The van der Waals surface area contributed by atoms with Crippen molar-refractivity contribution in [2.24, 2.45) is 0 Å². The maximum Gasteiger partial charge on any atom is 2.00 e. The van der Waals surface area contributed by atoms with Crippen LogP contribution in [0.5, 0.6) is 0 Å². The fourth-order valence-electron chi connectivity index (χ4n) is 0. The Morgan fingerprint density at radius 2 is 1.00 bits per heavy atom. The third-order valence-corrected chi connectivity index (χ3v) is 0. The van der Waals surface area contributed by atoms with Crippen molar-refractivity contribution in [3.8, 4) is 0 Å². The molecule has 0 aliphatic carbocycles. The third-order valence-electron chi connectivity index (χ3n) is 0. The van der Waals surface area contributed by atoms with Crippen LogP contribution in [0.15, 0.2) is 0 Å². The number of phosphoric acid groups is 1. The molecule has 0 fully saturated rings. The minimum atomic E-state index is -4.64. The predicted molar refractivity (Wildman–Crippen MR) is 43.3 cm³/mol. The topological polar surface area (TPSA) is 135 Å². The molecule has 13 heavy (non-hydrogen) atoms. The van der Waals surface area contributed by atoms with Crippen molar-refractivity contribution in [3.63, 3.8) is 0 Å². The Bertz CT molecular complexity index is 141. The summed E-state index contributed by atoms with van der Waals surface area (Å²) in [4.78, 5) is 35.9. The van der Waals surface area contributed by atoms with Crippen molar-refractivity contribution < 1.29 is 101 Å². The molecule has 0 saturated heterocycles. The van der Waals surface area contributed by atoms with Crippen LogP contribution in [0.3, 0.4) is 0 Å². The van der Waals surface area contributed by atoms with Crippen molar-refractivity contribution in [3.05, 3.63) is 0 Å². The monoisotopic (exact) mass is 308 g/mol. The molecule has 0 aromatic rings. The summed E-state index contributed by atoms with van der Waals surface area (Å²) in [5.74, 6) is 0. The second-order valence-electron chi connectivity index (χ2n) is 0.796. The molecule has 0 atom stereocenters. The van der Waals surface area contributed by atoms with E-state index in [4.69, 9.17) is 33.3 Å². The van der Waals surface area contributed by atoms with E-state index in [1.54, 1.807) is 0 Å². The molecule has 5 N–H and O–H groups in total. The van der Waals surface area contributed by atoms with Gasteiger partial charge in [0.05, 0.1) is 0 Å². The Hall–Kier alpha value is 4.25. The summed E-state index contributed by atoms with van der Waals surface area (Å²) in [5.41, 5.74) is 0. The maximum absolute atomic E-state index is 8.88. The zero-order valence-electron chi connectivity index (χ0n) is 13.4. The fourth-order valence-corrected chi connectivity index (χ4v) is 0. The zero-order valence-corrected chi connectivity index (χ0v) is 17.7. The third kappa shape index (κ3) is 183. The van der Waals surface area contributed by atoms with Crippen molar-refractivity contribution in [2.45, 2.75) is 0 Å². The normalized spacial score (nSPS) is 6.38. The Kier molecular flexibility index (Phi) is 59.6. The van der Waals surface area contributed by atoms with E-state index in [-0.39, 0.29) is 143 Å². The standard InChI is InChI=1S/2Ca.2Na.H3O4P.H2O3Si.6H/c;;;;1-5(2,3)4;1-4(2)3;;;;;;/h;;;;(H3,1,2,3,4);1-2H;;;;;;/q2*+2;2*+1;;;6*-1. The molecule has 0 unspecified atom stereocenters. The van der Waals surface area contributed by atoms with Gasteiger partial charge in [0.2, 0.25) is 0 Å². The summed E-state index contributed by atoms with van der Waals surface area (Å²) in [5, 5.41) is 0. The van der Waals surface area contributed by atoms with Crippen LogP contribution in [-0.2, 0) is 9.03 Å². The molecular formula is H11Ca2Na2O7PSi. The largest absolute Gasteiger partial charge is 2.00 e. The molecular weight excluding hydrogens is 297 g/mol. The SMILES string of the molecule is O=P(O)(O)O.O=[Si](O)O.[Ca+2].[Ca+2].[H-].[H-].[H-].[H-].[H-].[H-].[Na+].[Na+]. The molecule has 68 valence electrons. The molecule has 0 saturated carbocycles. The van der Waals surface area contributed by atoms with Gasteiger partial charge < -0.3 is 32.8 Å². The van der Waals surface area contributed by atoms with E-state index in [2.05, 4.69) is 0 Å². The molecule has 0 amide bonds. The van der Waals surface area contributed by atoms with Gasteiger partial charge in [0.1, 0.15) is 0 Å². The Morgan fingerprint density at radius 1 is 1.00 bits per heavy atom. The van der Waals surface area contributed by atoms with Gasteiger partial charge in [-0.1, -0.05) is 0 Å². The van der Waals surface area contributed by atoms with E-state index < -0.39 is 17.0 Å². The fraction of sp³-hybridized carbons (Fsp3) is 0. The molecule has 7 nitrogen and oxygen atoms in total. The number of hydrogen-bond donors (Lipinski definition) is 5. The van der Waals surface area contributed by atoms with Crippen LogP contribution < -0.4 is 59.1 Å². The molecule has 0 heterocycles. The molecule has 0 aliphatic rings. The number of hydrogen-bond acceptors (Lipinski definition) is 2. The first-order chi connectivity index (χ1) is 3.73. The van der Waals surface area contributed by atoms with Crippen LogP contribution in [0.4, 0.5) is 0 Å². The van der Waals surface area contributed by atoms with Crippen LogP contribution in [0.25, 0.3) is 0 Å². The van der Waals surface area contributed by atoms with Gasteiger partial charge in [0.15, 0.2) is 0 Å². The minimum absolute atomic E-state index is 0. The first-order valence-electron chi connectivity index (χ1n) is 1.43. The Balaban J connectivity index is -0.00000000340. The molecule has 13 heteroatoms. The van der Waals surface area contributed by atoms with Gasteiger partial charge in [-0.05, 0) is 0 Å². The molecule has 0 bridgehead atoms. The summed E-state index contributed by atoms with van der Waals surface area (Å²) in [6.07, 6.45) is 0. The van der Waals surface area contributed by atoms with Crippen LogP contribution in [0.2, 0.25) is 0 Å². The predicted octanol–water partition coefficient (Wildman–Crippen LogP) is -8.62. The van der Waals surface area contributed by atoms with Gasteiger partial charge in [0, 0.05) is 0 Å². The first-order valence-corrected chi connectivity index (χ1v) is 4.30. The quantitative estimate of drug-likeness (QED) is 0.221. The molecule has 0 spiro atoms. The second-order valence-corrected chi connectivity index (χ2v) is 2.39. The van der Waals surface area contributed by atoms with Crippen molar-refractivity contribution in [2.75, 3.05) is 0 Å². The van der Waals surface area contributed by atoms with Crippen molar-refractivity contribution in [1.82, 2.24) is 0 Å². The Labute approximate surface area is 189 Å². The summed E-state index contributed by atoms with van der Waals surface area (Å²) in [7, 11) is -7.77. The van der Waals surface area contributed by atoms with E-state index in [0.29, 0.717) is 0 Å². The second kappa shape index (κ2) is 21.5. The van der Waals surface area contributed by atoms with E-state index in [0.717, 1.165) is 0 Å². The molecule has 0 aromatic heterocycles. The van der Waals surface area contributed by atoms with Gasteiger partial charge >= 0.3 is 152 Å².